The van der Waals surface area contributed by atoms with Crippen LogP contribution in [0.3, 0.4) is 0 Å². The average molecular weight is 493 g/mol. The Labute approximate surface area is 214 Å². The van der Waals surface area contributed by atoms with Gasteiger partial charge in [-0.05, 0) is 66.1 Å². The fraction of sp³-hybridized carbons (Fsp3) is 0.0968. The standard InChI is InChI=1S/C31H25FN2O3/c1-21(24-9-3-2-4-10-24)33-30(35)25-16-14-22(15-17-25)19-29-31(36)34(20-23-8-7-11-26(32)18-23)27-12-5-6-13-28(27)37-29/h2-19,21H,20H2,1H3,(H,33,35). The van der Waals surface area contributed by atoms with E-state index in [2.05, 4.69) is 5.32 Å². The highest BCUT2D eigenvalue weighted by molar-refractivity contribution is 6.09. The van der Waals surface area contributed by atoms with Crippen molar-refractivity contribution < 1.29 is 18.7 Å². The molecule has 4 aromatic rings. The van der Waals surface area contributed by atoms with E-state index in [9.17, 15) is 14.0 Å². The summed E-state index contributed by atoms with van der Waals surface area (Å²) >= 11 is 0. The summed E-state index contributed by atoms with van der Waals surface area (Å²) in [6.07, 6.45) is 1.64. The van der Waals surface area contributed by atoms with E-state index >= 15 is 0 Å². The minimum atomic E-state index is -0.357. The minimum absolute atomic E-state index is 0.132. The van der Waals surface area contributed by atoms with Gasteiger partial charge in [0.05, 0.1) is 18.3 Å². The topological polar surface area (TPSA) is 58.6 Å². The number of hydrogen-bond donors (Lipinski definition) is 1. The van der Waals surface area contributed by atoms with Gasteiger partial charge in [0, 0.05) is 5.56 Å². The number of hydrogen-bond acceptors (Lipinski definition) is 3. The van der Waals surface area contributed by atoms with Gasteiger partial charge in [-0.3, -0.25) is 14.5 Å². The highest BCUT2D eigenvalue weighted by Crippen LogP contribution is 2.36. The lowest BCUT2D eigenvalue weighted by Crippen LogP contribution is -2.36. The summed E-state index contributed by atoms with van der Waals surface area (Å²) in [5, 5.41) is 3.00. The number of anilines is 1. The van der Waals surface area contributed by atoms with Crippen LogP contribution in [-0.4, -0.2) is 11.8 Å². The number of carbonyl (C=O) groups is 2. The van der Waals surface area contributed by atoms with Gasteiger partial charge in [0.1, 0.15) is 5.82 Å². The summed E-state index contributed by atoms with van der Waals surface area (Å²) in [6, 6.07) is 30.0. The molecule has 5 rings (SSSR count). The molecule has 0 fully saturated rings. The zero-order valence-electron chi connectivity index (χ0n) is 20.2. The second-order valence-corrected chi connectivity index (χ2v) is 8.83. The quantitative estimate of drug-likeness (QED) is 0.322. The van der Waals surface area contributed by atoms with Crippen molar-refractivity contribution in [2.24, 2.45) is 0 Å². The molecule has 0 aliphatic carbocycles. The Kier molecular flexibility index (Phi) is 6.81. The highest BCUT2D eigenvalue weighted by atomic mass is 19.1. The Hall–Kier alpha value is -4.71. The number of amides is 2. The van der Waals surface area contributed by atoms with Crippen LogP contribution in [0.4, 0.5) is 10.1 Å². The third kappa shape index (κ3) is 5.43. The van der Waals surface area contributed by atoms with Crippen molar-refractivity contribution in [2.75, 3.05) is 4.90 Å². The van der Waals surface area contributed by atoms with Gasteiger partial charge in [-0.25, -0.2) is 4.39 Å². The van der Waals surface area contributed by atoms with E-state index in [-0.39, 0.29) is 36.0 Å². The molecule has 1 aliphatic heterocycles. The third-order valence-corrected chi connectivity index (χ3v) is 6.18. The van der Waals surface area contributed by atoms with Crippen molar-refractivity contribution in [3.63, 3.8) is 0 Å². The van der Waals surface area contributed by atoms with Crippen LogP contribution < -0.4 is 15.0 Å². The second-order valence-electron chi connectivity index (χ2n) is 8.83. The van der Waals surface area contributed by atoms with Gasteiger partial charge in [0.2, 0.25) is 0 Å². The molecule has 6 heteroatoms. The van der Waals surface area contributed by atoms with E-state index in [1.165, 1.54) is 12.1 Å². The molecule has 0 bridgehead atoms. The minimum Gasteiger partial charge on any atom is -0.449 e. The fourth-order valence-corrected chi connectivity index (χ4v) is 4.22. The Morgan fingerprint density at radius 1 is 0.946 bits per heavy atom. The molecular formula is C31H25FN2O3. The number of nitrogens with one attached hydrogen (secondary N) is 1. The van der Waals surface area contributed by atoms with Crippen LogP contribution in [0, 0.1) is 5.82 Å². The number of fused-ring (bicyclic) bond motifs is 1. The number of nitrogens with zero attached hydrogens (tertiary/aromatic N) is 1. The Bertz CT molecular complexity index is 1470. The lowest BCUT2D eigenvalue weighted by atomic mass is 10.1. The van der Waals surface area contributed by atoms with Gasteiger partial charge in [-0.1, -0.05) is 66.7 Å². The lowest BCUT2D eigenvalue weighted by molar-refractivity contribution is -0.117. The number of rotatable bonds is 6. The Morgan fingerprint density at radius 2 is 1.68 bits per heavy atom. The van der Waals surface area contributed by atoms with Crippen molar-refractivity contribution in [1.29, 1.82) is 0 Å². The van der Waals surface area contributed by atoms with Crippen molar-refractivity contribution >= 4 is 23.6 Å². The van der Waals surface area contributed by atoms with Crippen molar-refractivity contribution in [3.8, 4) is 5.75 Å². The first-order valence-corrected chi connectivity index (χ1v) is 12.0. The van der Waals surface area contributed by atoms with Gasteiger partial charge >= 0.3 is 0 Å². The molecule has 1 atom stereocenters. The fourth-order valence-electron chi connectivity index (χ4n) is 4.22. The average Bonchev–Trinajstić information content (AvgIpc) is 2.92. The molecule has 4 aromatic carbocycles. The molecule has 0 spiro atoms. The Balaban J connectivity index is 1.35. The number of halogens is 1. The van der Waals surface area contributed by atoms with Gasteiger partial charge < -0.3 is 10.1 Å². The highest BCUT2D eigenvalue weighted by Gasteiger charge is 2.30. The molecule has 1 unspecified atom stereocenters. The summed E-state index contributed by atoms with van der Waals surface area (Å²) in [5.41, 5.74) is 3.53. The van der Waals surface area contributed by atoms with Crippen molar-refractivity contribution in [2.45, 2.75) is 19.5 Å². The zero-order chi connectivity index (χ0) is 25.8. The molecule has 184 valence electrons. The van der Waals surface area contributed by atoms with Crippen molar-refractivity contribution in [1.82, 2.24) is 5.32 Å². The first kappa shape index (κ1) is 24.0. The van der Waals surface area contributed by atoms with Crippen LogP contribution in [0.1, 0.15) is 40.0 Å². The van der Waals surface area contributed by atoms with E-state index in [0.717, 1.165) is 5.56 Å². The summed E-state index contributed by atoms with van der Waals surface area (Å²) in [4.78, 5) is 27.7. The van der Waals surface area contributed by atoms with Gasteiger partial charge in [-0.2, -0.15) is 0 Å². The maximum atomic E-state index is 13.8. The Morgan fingerprint density at radius 3 is 2.43 bits per heavy atom. The molecule has 1 heterocycles. The second kappa shape index (κ2) is 10.5. The molecule has 5 nitrogen and oxygen atoms in total. The smallest absolute Gasteiger partial charge is 0.294 e. The van der Waals surface area contributed by atoms with E-state index < -0.39 is 0 Å². The summed E-state index contributed by atoms with van der Waals surface area (Å²) in [7, 11) is 0. The first-order valence-electron chi connectivity index (χ1n) is 12.0. The van der Waals surface area contributed by atoms with Gasteiger partial charge in [-0.15, -0.1) is 0 Å². The van der Waals surface area contributed by atoms with Crippen LogP contribution in [0.25, 0.3) is 6.08 Å². The molecule has 0 radical (unpaired) electrons. The lowest BCUT2D eigenvalue weighted by Gasteiger charge is -2.30. The number of para-hydroxylation sites is 2. The van der Waals surface area contributed by atoms with Gasteiger partial charge in [0.15, 0.2) is 11.5 Å². The zero-order valence-corrected chi connectivity index (χ0v) is 20.2. The monoisotopic (exact) mass is 492 g/mol. The first-order chi connectivity index (χ1) is 18.0. The van der Waals surface area contributed by atoms with E-state index in [4.69, 9.17) is 4.74 Å². The molecule has 37 heavy (non-hydrogen) atoms. The maximum absolute atomic E-state index is 13.8. The summed E-state index contributed by atoms with van der Waals surface area (Å²) < 4.78 is 19.7. The number of benzene rings is 4. The van der Waals surface area contributed by atoms with Crippen LogP contribution in [0.5, 0.6) is 5.75 Å². The summed E-state index contributed by atoms with van der Waals surface area (Å²) in [6.45, 7) is 2.14. The molecule has 0 saturated carbocycles. The number of carbonyl (C=O) groups excluding carboxylic acids is 2. The summed E-state index contributed by atoms with van der Waals surface area (Å²) in [5.74, 6) is -0.192. The SMILES string of the molecule is CC(NC(=O)c1ccc(C=C2Oc3ccccc3N(Cc3cccc(F)c3)C2=O)cc1)c1ccccc1. The molecule has 1 N–H and O–H groups in total. The van der Waals surface area contributed by atoms with E-state index in [1.54, 1.807) is 59.5 Å². The largest absolute Gasteiger partial charge is 0.449 e. The van der Waals surface area contributed by atoms with Crippen LogP contribution in [-0.2, 0) is 11.3 Å². The maximum Gasteiger partial charge on any atom is 0.294 e. The third-order valence-electron chi connectivity index (χ3n) is 6.18. The van der Waals surface area contributed by atoms with Crippen molar-refractivity contribution in [3.05, 3.63) is 137 Å². The van der Waals surface area contributed by atoms with E-state index in [1.807, 2.05) is 49.4 Å². The molecular weight excluding hydrogens is 467 g/mol. The normalized spacial score (nSPS) is 14.6. The van der Waals surface area contributed by atoms with Crippen LogP contribution in [0.2, 0.25) is 0 Å². The van der Waals surface area contributed by atoms with Gasteiger partial charge in [0.25, 0.3) is 11.8 Å². The molecule has 2 amide bonds. The predicted molar refractivity (Wildman–Crippen MR) is 141 cm³/mol. The predicted octanol–water partition coefficient (Wildman–Crippen LogP) is 6.28. The van der Waals surface area contributed by atoms with Crippen LogP contribution in [0.15, 0.2) is 109 Å². The number of ether oxygens (including phenoxy) is 1. The van der Waals surface area contributed by atoms with Crippen LogP contribution >= 0.6 is 0 Å². The molecule has 0 saturated heterocycles. The molecule has 0 aromatic heterocycles. The van der Waals surface area contributed by atoms with E-state index in [0.29, 0.717) is 28.1 Å². The molecule has 1 aliphatic rings.